The molecule has 1 saturated heterocycles. The lowest BCUT2D eigenvalue weighted by atomic mass is 10.1. The van der Waals surface area contributed by atoms with Gasteiger partial charge in [0.2, 0.25) is 11.8 Å². The predicted molar refractivity (Wildman–Crippen MR) is 185 cm³/mol. The summed E-state index contributed by atoms with van der Waals surface area (Å²) in [5.41, 5.74) is -1.96. The topological polar surface area (TPSA) is 127 Å². The largest absolute Gasteiger partial charge is 0.464 e. The lowest BCUT2D eigenvalue weighted by molar-refractivity contribution is -0.150. The van der Waals surface area contributed by atoms with E-state index in [1.807, 2.05) is 6.08 Å². The second-order valence-corrected chi connectivity index (χ2v) is 20.6. The van der Waals surface area contributed by atoms with Gasteiger partial charge in [-0.15, -0.1) is 13.2 Å². The fourth-order valence-electron chi connectivity index (χ4n) is 5.90. The van der Waals surface area contributed by atoms with Crippen molar-refractivity contribution in [1.29, 1.82) is 0 Å². The fraction of sp³-hybridized carbons (Fsp3) is 0.771. The van der Waals surface area contributed by atoms with E-state index in [0.717, 1.165) is 32.2 Å². The molecule has 3 rings (SSSR count). The minimum Gasteiger partial charge on any atom is -0.464 e. The molecular weight excluding hydrogens is 616 g/mol. The number of amides is 3. The number of allylic oxidation sites excluding steroid dienone is 1. The van der Waals surface area contributed by atoms with Crippen molar-refractivity contribution in [2.24, 2.45) is 5.92 Å². The molecule has 0 aromatic rings. The van der Waals surface area contributed by atoms with E-state index in [-0.39, 0.29) is 43.0 Å². The molecule has 266 valence electrons. The Morgan fingerprint density at radius 1 is 1.11 bits per heavy atom. The van der Waals surface area contributed by atoms with Gasteiger partial charge in [0.25, 0.3) is 0 Å². The van der Waals surface area contributed by atoms with Crippen molar-refractivity contribution < 1.29 is 33.1 Å². The first kappa shape index (κ1) is 38.7. The van der Waals surface area contributed by atoms with Gasteiger partial charge in [-0.1, -0.05) is 32.9 Å². The number of esters is 1. The number of ether oxygens (including phenoxy) is 2. The van der Waals surface area contributed by atoms with Crippen molar-refractivity contribution in [2.45, 2.75) is 140 Å². The average molecular weight is 677 g/mol. The highest BCUT2D eigenvalue weighted by molar-refractivity contribution is 6.74. The van der Waals surface area contributed by atoms with Gasteiger partial charge < -0.3 is 29.4 Å². The van der Waals surface area contributed by atoms with E-state index in [4.69, 9.17) is 13.9 Å². The highest BCUT2D eigenvalue weighted by atomic mass is 28.4. The van der Waals surface area contributed by atoms with Crippen LogP contribution in [0.4, 0.5) is 4.79 Å². The van der Waals surface area contributed by atoms with Gasteiger partial charge in [0.05, 0.1) is 12.7 Å². The Balaban J connectivity index is 1.94. The third-order valence-corrected chi connectivity index (χ3v) is 14.3. The van der Waals surface area contributed by atoms with Gasteiger partial charge >= 0.3 is 12.1 Å². The van der Waals surface area contributed by atoms with Crippen LogP contribution in [0.2, 0.25) is 18.1 Å². The van der Waals surface area contributed by atoms with Crippen LogP contribution >= 0.6 is 0 Å². The van der Waals surface area contributed by atoms with E-state index in [1.165, 1.54) is 4.90 Å². The van der Waals surface area contributed by atoms with E-state index in [2.05, 4.69) is 62.6 Å². The minimum atomic E-state index is -2.27. The van der Waals surface area contributed by atoms with Crippen LogP contribution in [-0.2, 0) is 28.3 Å². The fourth-order valence-corrected chi connectivity index (χ4v) is 7.26. The molecule has 0 bridgehead atoms. The number of carbonyl (C=O) groups excluding carboxylic acids is 4. The van der Waals surface area contributed by atoms with Gasteiger partial charge in [0.15, 0.2) is 8.32 Å². The molecule has 1 heterocycles. The van der Waals surface area contributed by atoms with E-state index in [9.17, 15) is 19.2 Å². The Morgan fingerprint density at radius 3 is 2.28 bits per heavy atom. The highest BCUT2D eigenvalue weighted by Crippen LogP contribution is 2.46. The third-order valence-electron chi connectivity index (χ3n) is 9.72. The number of nitrogens with one attached hydrogen (secondary N) is 2. The van der Waals surface area contributed by atoms with Crippen LogP contribution in [0.25, 0.3) is 0 Å². The zero-order valence-corrected chi connectivity index (χ0v) is 31.3. The molecule has 5 atom stereocenters. The summed E-state index contributed by atoms with van der Waals surface area (Å²) in [5, 5.41) is 5.71. The van der Waals surface area contributed by atoms with Crippen molar-refractivity contribution >= 4 is 32.2 Å². The quantitative estimate of drug-likeness (QED) is 0.102. The van der Waals surface area contributed by atoms with Crippen molar-refractivity contribution in [1.82, 2.24) is 20.4 Å². The Kier molecular flexibility index (Phi) is 12.6. The SMILES string of the molecule is C=CCCCN(C[C@H](NC(=O)OC(C)(C)C)C(=O)N1C[C@H](O[Si](C)(C)C(C)(C)C)CC1C(=O)NC1(C(=O)OCC)CC1C=C)C1CC1. The summed E-state index contributed by atoms with van der Waals surface area (Å²) < 4.78 is 17.6. The lowest BCUT2D eigenvalue weighted by Crippen LogP contribution is -2.59. The summed E-state index contributed by atoms with van der Waals surface area (Å²) in [5.74, 6) is -1.60. The van der Waals surface area contributed by atoms with Crippen LogP contribution in [-0.4, -0.2) is 104 Å². The molecular formula is C35H60N4O7Si. The number of rotatable bonds is 16. The van der Waals surface area contributed by atoms with Crippen LogP contribution < -0.4 is 10.6 Å². The summed E-state index contributed by atoms with van der Waals surface area (Å²) in [6, 6.07) is -1.54. The maximum atomic E-state index is 14.6. The Hall–Kier alpha value is -2.70. The van der Waals surface area contributed by atoms with Crippen LogP contribution in [0, 0.1) is 5.92 Å². The molecule has 0 aromatic heterocycles. The number of hydrogen-bond acceptors (Lipinski definition) is 8. The van der Waals surface area contributed by atoms with Crippen LogP contribution in [0.5, 0.6) is 0 Å². The summed E-state index contributed by atoms with van der Waals surface area (Å²) in [7, 11) is -2.27. The van der Waals surface area contributed by atoms with Gasteiger partial charge in [-0.05, 0) is 84.5 Å². The van der Waals surface area contributed by atoms with E-state index >= 15 is 0 Å². The maximum absolute atomic E-state index is 14.6. The molecule has 2 aliphatic carbocycles. The molecule has 0 spiro atoms. The predicted octanol–water partition coefficient (Wildman–Crippen LogP) is 4.93. The molecule has 0 aromatic carbocycles. The van der Waals surface area contributed by atoms with Gasteiger partial charge in [-0.25, -0.2) is 9.59 Å². The van der Waals surface area contributed by atoms with Crippen LogP contribution in [0.1, 0.15) is 87.0 Å². The second kappa shape index (κ2) is 15.2. The number of carbonyl (C=O) groups is 4. The van der Waals surface area contributed by atoms with Crippen LogP contribution in [0.3, 0.4) is 0 Å². The van der Waals surface area contributed by atoms with Crippen LogP contribution in [0.15, 0.2) is 25.3 Å². The van der Waals surface area contributed by atoms with E-state index < -0.39 is 55.6 Å². The molecule has 3 amide bonds. The molecule has 47 heavy (non-hydrogen) atoms. The van der Waals surface area contributed by atoms with Gasteiger partial charge in [-0.2, -0.15) is 0 Å². The summed E-state index contributed by atoms with van der Waals surface area (Å²) in [4.78, 5) is 58.6. The first-order valence-corrected chi connectivity index (χ1v) is 20.1. The lowest BCUT2D eigenvalue weighted by Gasteiger charge is -2.38. The van der Waals surface area contributed by atoms with Crippen molar-refractivity contribution in [3.63, 3.8) is 0 Å². The number of hydrogen-bond donors (Lipinski definition) is 2. The van der Waals surface area contributed by atoms with E-state index in [0.29, 0.717) is 12.5 Å². The molecule has 3 aliphatic rings. The Bertz CT molecular complexity index is 1180. The van der Waals surface area contributed by atoms with Gasteiger partial charge in [0.1, 0.15) is 23.2 Å². The number of unbranched alkanes of at least 4 members (excludes halogenated alkanes) is 1. The first-order chi connectivity index (χ1) is 21.8. The maximum Gasteiger partial charge on any atom is 0.408 e. The molecule has 3 unspecified atom stereocenters. The van der Waals surface area contributed by atoms with Crippen molar-refractivity contribution in [2.75, 3.05) is 26.2 Å². The Morgan fingerprint density at radius 2 is 1.77 bits per heavy atom. The summed E-state index contributed by atoms with van der Waals surface area (Å²) >= 11 is 0. The van der Waals surface area contributed by atoms with Crippen molar-refractivity contribution in [3.8, 4) is 0 Å². The number of likely N-dealkylation sites (tertiary alicyclic amines) is 1. The summed E-state index contributed by atoms with van der Waals surface area (Å²) in [6.07, 6.45) is 6.87. The normalized spacial score (nSPS) is 25.1. The molecule has 11 nitrogen and oxygen atoms in total. The monoisotopic (exact) mass is 676 g/mol. The standard InChI is InChI=1S/C35H60N4O7Si/c1-12-15-16-19-38(25-17-18-25)23-27(36-32(43)45-33(4,5)6)30(41)39-22-26(46-47(10,11)34(7,8)9)20-28(39)29(40)37-35(21-24(35)13-2)31(42)44-14-3/h12-13,24-28H,1-2,14-23H2,3-11H3,(H,36,43)(H,37,40)/t24?,26-,27+,28?,35?/m1/s1. The zero-order chi connectivity index (χ0) is 35.4. The number of alkyl carbamates (subject to hydrolysis) is 1. The smallest absolute Gasteiger partial charge is 0.408 e. The van der Waals surface area contributed by atoms with Gasteiger partial charge in [-0.3, -0.25) is 14.5 Å². The van der Waals surface area contributed by atoms with E-state index in [1.54, 1.807) is 33.8 Å². The second-order valence-electron chi connectivity index (χ2n) is 15.8. The number of nitrogens with zero attached hydrogens (tertiary/aromatic N) is 2. The minimum absolute atomic E-state index is 0.0850. The molecule has 2 N–H and O–H groups in total. The average Bonchev–Trinajstić information content (AvgIpc) is 3.87. The molecule has 2 saturated carbocycles. The van der Waals surface area contributed by atoms with Gasteiger partial charge in [0, 0.05) is 31.5 Å². The molecule has 12 heteroatoms. The third kappa shape index (κ3) is 10.1. The highest BCUT2D eigenvalue weighted by Gasteiger charge is 2.62. The molecule has 3 fully saturated rings. The molecule has 0 radical (unpaired) electrons. The van der Waals surface area contributed by atoms with Crippen molar-refractivity contribution in [3.05, 3.63) is 25.3 Å². The molecule has 1 aliphatic heterocycles. The summed E-state index contributed by atoms with van der Waals surface area (Å²) in [6.45, 7) is 26.8. The first-order valence-electron chi connectivity index (χ1n) is 17.2. The zero-order valence-electron chi connectivity index (χ0n) is 30.3. The Labute approximate surface area is 283 Å².